The average molecular weight is 409 g/mol. The molecule has 2 heterocycles. The molecule has 122 valence electrons. The molecule has 0 aliphatic heterocycles. The van der Waals surface area contributed by atoms with E-state index in [9.17, 15) is 4.39 Å². The van der Waals surface area contributed by atoms with E-state index in [-0.39, 0.29) is 16.6 Å². The third-order valence-electron chi connectivity index (χ3n) is 3.64. The molecule has 0 aliphatic carbocycles. The van der Waals surface area contributed by atoms with Gasteiger partial charge in [-0.1, -0.05) is 11.6 Å². The number of imidazole rings is 1. The molecule has 0 spiro atoms. The third kappa shape index (κ3) is 3.21. The van der Waals surface area contributed by atoms with Crippen molar-refractivity contribution in [2.75, 3.05) is 0 Å². The Kier molecular flexibility index (Phi) is 4.69. The first-order chi connectivity index (χ1) is 11.5. The Balaban J connectivity index is 1.84. The summed E-state index contributed by atoms with van der Waals surface area (Å²) in [5, 5.41) is 13.4. The summed E-state index contributed by atoms with van der Waals surface area (Å²) in [4.78, 5) is 4.14. The van der Waals surface area contributed by atoms with E-state index in [1.807, 2.05) is 23.9 Å². The van der Waals surface area contributed by atoms with Crippen LogP contribution in [0, 0.1) is 17.1 Å². The Bertz CT molecular complexity index is 904. The number of nitrogens with zero attached hydrogens (tertiary/aromatic N) is 5. The zero-order chi connectivity index (χ0) is 17.3. The van der Waals surface area contributed by atoms with Crippen LogP contribution >= 0.6 is 27.5 Å². The maximum atomic E-state index is 13.9. The summed E-state index contributed by atoms with van der Waals surface area (Å²) < 4.78 is 18.4. The van der Waals surface area contributed by atoms with Crippen LogP contribution in [0.15, 0.2) is 41.5 Å². The highest BCUT2D eigenvalue weighted by atomic mass is 79.9. The highest BCUT2D eigenvalue weighted by Crippen LogP contribution is 2.27. The van der Waals surface area contributed by atoms with E-state index in [4.69, 9.17) is 16.9 Å². The zero-order valence-corrected chi connectivity index (χ0v) is 15.0. The second-order valence-corrected chi connectivity index (χ2v) is 6.42. The predicted molar refractivity (Wildman–Crippen MR) is 92.0 cm³/mol. The highest BCUT2D eigenvalue weighted by Gasteiger charge is 2.13. The first-order valence-electron chi connectivity index (χ1n) is 7.11. The number of rotatable bonds is 4. The maximum absolute atomic E-state index is 13.9. The molecule has 0 fully saturated rings. The minimum absolute atomic E-state index is 0.0813. The molecule has 0 saturated carbocycles. The largest absolute Gasteiger partial charge is 0.321 e. The van der Waals surface area contributed by atoms with Crippen LogP contribution in [-0.2, 0) is 6.54 Å². The number of hydrogen-bond donors (Lipinski definition) is 0. The summed E-state index contributed by atoms with van der Waals surface area (Å²) in [6.45, 7) is 2.67. The van der Waals surface area contributed by atoms with Gasteiger partial charge in [0.25, 0.3) is 0 Å². The molecule has 1 aromatic carbocycles. The molecule has 24 heavy (non-hydrogen) atoms. The van der Waals surface area contributed by atoms with E-state index >= 15 is 0 Å². The van der Waals surface area contributed by atoms with Gasteiger partial charge in [-0.25, -0.2) is 9.37 Å². The molecule has 3 rings (SSSR count). The summed E-state index contributed by atoms with van der Waals surface area (Å²) in [6, 6.07) is 6.49. The van der Waals surface area contributed by atoms with Crippen LogP contribution in [0.5, 0.6) is 0 Å². The SMILES string of the molecule is C[C@@H](Cn1ccc(-c2cc(F)c(C#N)c(Cl)c2)n1)n1ccnc1Br. The van der Waals surface area contributed by atoms with Crippen LogP contribution in [-0.4, -0.2) is 19.3 Å². The smallest absolute Gasteiger partial charge is 0.177 e. The molecule has 0 saturated heterocycles. The molecule has 0 unspecified atom stereocenters. The van der Waals surface area contributed by atoms with Crippen LogP contribution in [0.25, 0.3) is 11.3 Å². The van der Waals surface area contributed by atoms with E-state index < -0.39 is 5.82 Å². The maximum Gasteiger partial charge on any atom is 0.177 e. The van der Waals surface area contributed by atoms with E-state index in [0.29, 0.717) is 17.8 Å². The van der Waals surface area contributed by atoms with Crippen molar-refractivity contribution >= 4 is 27.5 Å². The normalized spacial score (nSPS) is 12.1. The van der Waals surface area contributed by atoms with Crippen molar-refractivity contribution in [3.05, 3.63) is 57.9 Å². The summed E-state index contributed by atoms with van der Waals surface area (Å²) in [7, 11) is 0. The van der Waals surface area contributed by atoms with Crippen molar-refractivity contribution in [1.29, 1.82) is 5.26 Å². The lowest BCUT2D eigenvalue weighted by atomic mass is 10.1. The van der Waals surface area contributed by atoms with Crippen molar-refractivity contribution in [1.82, 2.24) is 19.3 Å². The molecule has 5 nitrogen and oxygen atoms in total. The van der Waals surface area contributed by atoms with E-state index in [1.165, 1.54) is 6.07 Å². The fraction of sp³-hybridized carbons (Fsp3) is 0.188. The molecule has 0 radical (unpaired) electrons. The van der Waals surface area contributed by atoms with Gasteiger partial charge in [-0.05, 0) is 41.1 Å². The fourth-order valence-electron chi connectivity index (χ4n) is 2.43. The van der Waals surface area contributed by atoms with Gasteiger partial charge in [-0.2, -0.15) is 10.4 Å². The van der Waals surface area contributed by atoms with Gasteiger partial charge in [-0.15, -0.1) is 0 Å². The van der Waals surface area contributed by atoms with Gasteiger partial charge >= 0.3 is 0 Å². The Labute approximate surface area is 151 Å². The Morgan fingerprint density at radius 1 is 1.42 bits per heavy atom. The number of benzene rings is 1. The summed E-state index contributed by atoms with van der Waals surface area (Å²) in [6.07, 6.45) is 5.42. The molecule has 3 aromatic rings. The minimum atomic E-state index is -0.648. The lowest BCUT2D eigenvalue weighted by Crippen LogP contribution is -2.13. The second-order valence-electron chi connectivity index (χ2n) is 5.30. The van der Waals surface area contributed by atoms with Crippen molar-refractivity contribution in [3.63, 3.8) is 0 Å². The van der Waals surface area contributed by atoms with Crippen LogP contribution in [0.1, 0.15) is 18.5 Å². The third-order valence-corrected chi connectivity index (χ3v) is 4.55. The lowest BCUT2D eigenvalue weighted by Gasteiger charge is -2.14. The van der Waals surface area contributed by atoms with E-state index in [0.717, 1.165) is 4.73 Å². The van der Waals surface area contributed by atoms with Crippen molar-refractivity contribution in [2.45, 2.75) is 19.5 Å². The molecule has 0 amide bonds. The Hall–Kier alpha value is -2.17. The van der Waals surface area contributed by atoms with Crippen molar-refractivity contribution < 1.29 is 4.39 Å². The lowest BCUT2D eigenvalue weighted by molar-refractivity contribution is 0.432. The summed E-state index contributed by atoms with van der Waals surface area (Å²) in [5.74, 6) is -0.648. The summed E-state index contributed by atoms with van der Waals surface area (Å²) >= 11 is 9.34. The number of aromatic nitrogens is 4. The molecular formula is C16H12BrClFN5. The number of halogens is 3. The summed E-state index contributed by atoms with van der Waals surface area (Å²) in [5.41, 5.74) is 0.974. The van der Waals surface area contributed by atoms with Gasteiger partial charge in [0.05, 0.1) is 23.3 Å². The van der Waals surface area contributed by atoms with Crippen LogP contribution in [0.4, 0.5) is 4.39 Å². The van der Waals surface area contributed by atoms with Gasteiger partial charge < -0.3 is 4.57 Å². The number of hydrogen-bond acceptors (Lipinski definition) is 3. The van der Waals surface area contributed by atoms with E-state index in [2.05, 4.69) is 26.0 Å². The molecule has 0 bridgehead atoms. The second kappa shape index (κ2) is 6.75. The monoisotopic (exact) mass is 407 g/mol. The highest BCUT2D eigenvalue weighted by molar-refractivity contribution is 9.10. The molecule has 0 aliphatic rings. The number of nitriles is 1. The Morgan fingerprint density at radius 2 is 2.21 bits per heavy atom. The first kappa shape index (κ1) is 16.7. The van der Waals surface area contributed by atoms with E-state index in [1.54, 1.807) is 29.1 Å². The van der Waals surface area contributed by atoms with Gasteiger partial charge in [0.1, 0.15) is 17.4 Å². The molecule has 2 aromatic heterocycles. The van der Waals surface area contributed by atoms with Gasteiger partial charge in [0.2, 0.25) is 0 Å². The average Bonchev–Trinajstić information content (AvgIpc) is 3.16. The Morgan fingerprint density at radius 3 is 2.83 bits per heavy atom. The molecule has 1 atom stereocenters. The van der Waals surface area contributed by atoms with Gasteiger partial charge in [0.15, 0.2) is 4.73 Å². The van der Waals surface area contributed by atoms with Crippen LogP contribution in [0.3, 0.4) is 0 Å². The van der Waals surface area contributed by atoms with Gasteiger partial charge in [0, 0.05) is 24.2 Å². The predicted octanol–water partition coefficient (Wildman–Crippen LogP) is 4.43. The van der Waals surface area contributed by atoms with Gasteiger partial charge in [-0.3, -0.25) is 4.68 Å². The minimum Gasteiger partial charge on any atom is -0.321 e. The topological polar surface area (TPSA) is 59.4 Å². The van der Waals surface area contributed by atoms with Crippen LogP contribution in [0.2, 0.25) is 5.02 Å². The van der Waals surface area contributed by atoms with Crippen molar-refractivity contribution in [2.24, 2.45) is 0 Å². The van der Waals surface area contributed by atoms with Crippen molar-refractivity contribution in [3.8, 4) is 17.3 Å². The standard InChI is InChI=1S/C16H12BrClFN5/c1-10(24-5-3-21-16(24)17)9-23-4-2-15(22-23)11-6-13(18)12(8-20)14(19)7-11/h2-7,10H,9H2,1H3/t10-/m0/s1. The molecule has 8 heteroatoms. The fourth-order valence-corrected chi connectivity index (χ4v) is 3.26. The molecule has 0 N–H and O–H groups in total. The quantitative estimate of drug-likeness (QED) is 0.641. The molecular weight excluding hydrogens is 397 g/mol. The van der Waals surface area contributed by atoms with Crippen LogP contribution < -0.4 is 0 Å². The zero-order valence-electron chi connectivity index (χ0n) is 12.6. The first-order valence-corrected chi connectivity index (χ1v) is 8.28.